The summed E-state index contributed by atoms with van der Waals surface area (Å²) in [4.78, 5) is 4.51. The van der Waals surface area contributed by atoms with Crippen LogP contribution in [0.3, 0.4) is 0 Å². The van der Waals surface area contributed by atoms with Crippen molar-refractivity contribution in [1.82, 2.24) is 14.8 Å². The minimum atomic E-state index is 0.809. The number of fused-ring (bicyclic) bond motifs is 1. The van der Waals surface area contributed by atoms with Gasteiger partial charge in [0.15, 0.2) is 5.65 Å². The number of aromatic nitrogens is 3. The predicted octanol–water partition coefficient (Wildman–Crippen LogP) is 4.17. The molecule has 0 atom stereocenters. The summed E-state index contributed by atoms with van der Waals surface area (Å²) < 4.78 is 1.86. The minimum Gasteiger partial charge on any atom is -0.278 e. The van der Waals surface area contributed by atoms with E-state index in [2.05, 4.69) is 20.6 Å². The lowest BCUT2D eigenvalue weighted by molar-refractivity contribution is 0.878. The van der Waals surface area contributed by atoms with Crippen molar-refractivity contribution >= 4 is 22.9 Å². The lowest BCUT2D eigenvalue weighted by atomic mass is 10.2. The molecule has 122 valence electrons. The van der Waals surface area contributed by atoms with Crippen molar-refractivity contribution in [2.24, 2.45) is 5.10 Å². The highest BCUT2D eigenvalue weighted by Crippen LogP contribution is 2.26. The number of anilines is 1. The van der Waals surface area contributed by atoms with E-state index >= 15 is 0 Å². The first-order valence-corrected chi connectivity index (χ1v) is 8.07. The summed E-state index contributed by atoms with van der Waals surface area (Å²) >= 11 is 0. The lowest BCUT2D eigenvalue weighted by Gasteiger charge is -2.04. The number of hydrazone groups is 1. The van der Waals surface area contributed by atoms with E-state index in [1.807, 2.05) is 78.3 Å². The fraction of sp³-hybridized carbons (Fsp3) is 0.0500. The van der Waals surface area contributed by atoms with E-state index in [1.54, 1.807) is 12.4 Å². The number of benzene rings is 2. The van der Waals surface area contributed by atoms with E-state index in [9.17, 15) is 0 Å². The molecule has 2 heterocycles. The number of nitrogens with one attached hydrogen (secondary N) is 1. The molecule has 4 aromatic rings. The zero-order chi connectivity index (χ0) is 17.1. The second-order valence-electron chi connectivity index (χ2n) is 5.67. The van der Waals surface area contributed by atoms with E-state index in [0.29, 0.717) is 0 Å². The third-order valence-corrected chi connectivity index (χ3v) is 3.94. The lowest BCUT2D eigenvalue weighted by Crippen LogP contribution is -1.97. The average molecular weight is 327 g/mol. The molecule has 0 bridgehead atoms. The molecular weight excluding hydrogens is 310 g/mol. The zero-order valence-corrected chi connectivity index (χ0v) is 13.8. The van der Waals surface area contributed by atoms with Gasteiger partial charge < -0.3 is 0 Å². The molecule has 2 aromatic carbocycles. The quantitative estimate of drug-likeness (QED) is 0.452. The van der Waals surface area contributed by atoms with Gasteiger partial charge in [-0.15, -0.1) is 0 Å². The van der Waals surface area contributed by atoms with Crippen LogP contribution in [0.5, 0.6) is 0 Å². The molecule has 1 N–H and O–H groups in total. The molecule has 0 saturated heterocycles. The van der Waals surface area contributed by atoms with E-state index < -0.39 is 0 Å². The Bertz CT molecular complexity index is 1020. The Morgan fingerprint density at radius 2 is 1.68 bits per heavy atom. The Kier molecular flexibility index (Phi) is 3.96. The van der Waals surface area contributed by atoms with Crippen LogP contribution in [-0.2, 0) is 0 Å². The van der Waals surface area contributed by atoms with Gasteiger partial charge in [0.2, 0.25) is 0 Å². The highest BCUT2D eigenvalue weighted by molar-refractivity contribution is 5.92. The van der Waals surface area contributed by atoms with Crippen LogP contribution in [0, 0.1) is 6.92 Å². The molecule has 0 aliphatic heterocycles. The number of hydrogen-bond acceptors (Lipinski definition) is 4. The Hall–Kier alpha value is -3.47. The van der Waals surface area contributed by atoms with Gasteiger partial charge in [-0.2, -0.15) is 10.2 Å². The highest BCUT2D eigenvalue weighted by atomic mass is 15.3. The van der Waals surface area contributed by atoms with Crippen LogP contribution in [0.1, 0.15) is 11.3 Å². The maximum Gasteiger partial charge on any atom is 0.165 e. The summed E-state index contributed by atoms with van der Waals surface area (Å²) in [6, 6.07) is 21.9. The Morgan fingerprint density at radius 3 is 2.44 bits per heavy atom. The average Bonchev–Trinajstić information content (AvgIpc) is 3.01. The van der Waals surface area contributed by atoms with Crippen LogP contribution in [0.25, 0.3) is 16.7 Å². The van der Waals surface area contributed by atoms with Crippen LogP contribution in [-0.4, -0.2) is 21.0 Å². The molecule has 0 amide bonds. The van der Waals surface area contributed by atoms with E-state index in [1.165, 1.54) is 0 Å². The molecule has 25 heavy (non-hydrogen) atoms. The van der Waals surface area contributed by atoms with Crippen LogP contribution in [0.4, 0.5) is 5.69 Å². The molecule has 0 spiro atoms. The molecule has 5 heteroatoms. The summed E-state index contributed by atoms with van der Waals surface area (Å²) in [6.07, 6.45) is 3.56. The Balaban J connectivity index is 1.71. The third-order valence-electron chi connectivity index (χ3n) is 3.94. The number of pyridine rings is 1. The molecule has 0 unspecified atom stereocenters. The molecule has 0 aliphatic rings. The van der Waals surface area contributed by atoms with Crippen molar-refractivity contribution in [2.75, 3.05) is 5.43 Å². The summed E-state index contributed by atoms with van der Waals surface area (Å²) in [5.74, 6) is 0. The van der Waals surface area contributed by atoms with Crippen molar-refractivity contribution in [3.8, 4) is 5.69 Å². The summed E-state index contributed by atoms with van der Waals surface area (Å²) in [7, 11) is 0. The molecule has 0 aliphatic carbocycles. The first kappa shape index (κ1) is 15.1. The topological polar surface area (TPSA) is 55.1 Å². The minimum absolute atomic E-state index is 0.809. The first-order chi connectivity index (χ1) is 12.3. The summed E-state index contributed by atoms with van der Waals surface area (Å²) in [5.41, 5.74) is 7.74. The van der Waals surface area contributed by atoms with Crippen LogP contribution < -0.4 is 5.43 Å². The number of aryl methyl sites for hydroxylation is 1. The standard InChI is InChI=1S/C20H17N5/c1-15-19-18(23-22-14-16-8-4-2-5-9-16)12-13-21-20(19)25(24-15)17-10-6-3-7-11-17/h2-14H,1H3,(H,21,23). The summed E-state index contributed by atoms with van der Waals surface area (Å²) in [5, 5.41) is 9.96. The van der Waals surface area contributed by atoms with Crippen molar-refractivity contribution in [2.45, 2.75) is 6.92 Å². The Morgan fingerprint density at radius 1 is 0.960 bits per heavy atom. The fourth-order valence-electron chi connectivity index (χ4n) is 2.77. The van der Waals surface area contributed by atoms with Gasteiger partial charge >= 0.3 is 0 Å². The molecule has 0 saturated carbocycles. The van der Waals surface area contributed by atoms with E-state index in [-0.39, 0.29) is 0 Å². The zero-order valence-electron chi connectivity index (χ0n) is 13.8. The van der Waals surface area contributed by atoms with Crippen LogP contribution >= 0.6 is 0 Å². The summed E-state index contributed by atoms with van der Waals surface area (Å²) in [6.45, 7) is 1.98. The van der Waals surface area contributed by atoms with Gasteiger partial charge in [-0.25, -0.2) is 9.67 Å². The van der Waals surface area contributed by atoms with Gasteiger partial charge in [-0.1, -0.05) is 48.5 Å². The van der Waals surface area contributed by atoms with Gasteiger partial charge in [-0.3, -0.25) is 5.43 Å². The smallest absolute Gasteiger partial charge is 0.165 e. The SMILES string of the molecule is Cc1nn(-c2ccccc2)c2nccc(NN=Cc3ccccc3)c12. The molecule has 0 radical (unpaired) electrons. The predicted molar refractivity (Wildman–Crippen MR) is 101 cm³/mol. The molecule has 4 rings (SSSR count). The molecule has 5 nitrogen and oxygen atoms in total. The number of nitrogens with zero attached hydrogens (tertiary/aromatic N) is 4. The molecular formula is C20H17N5. The second-order valence-corrected chi connectivity index (χ2v) is 5.67. The number of rotatable bonds is 4. The molecule has 0 fully saturated rings. The largest absolute Gasteiger partial charge is 0.278 e. The van der Waals surface area contributed by atoms with Gasteiger partial charge in [0, 0.05) is 6.20 Å². The molecule has 2 aromatic heterocycles. The van der Waals surface area contributed by atoms with Gasteiger partial charge in [0.05, 0.1) is 28.7 Å². The van der Waals surface area contributed by atoms with Crippen LogP contribution in [0.15, 0.2) is 78.0 Å². The normalized spacial score (nSPS) is 11.2. The number of hydrogen-bond donors (Lipinski definition) is 1. The van der Waals surface area contributed by atoms with E-state index in [0.717, 1.165) is 33.7 Å². The second kappa shape index (κ2) is 6.57. The first-order valence-electron chi connectivity index (χ1n) is 8.07. The van der Waals surface area contributed by atoms with Crippen molar-refractivity contribution in [3.05, 3.63) is 84.2 Å². The maximum atomic E-state index is 4.65. The third kappa shape index (κ3) is 2.99. The van der Waals surface area contributed by atoms with Crippen molar-refractivity contribution < 1.29 is 0 Å². The Labute approximate surface area is 145 Å². The van der Waals surface area contributed by atoms with E-state index in [4.69, 9.17) is 0 Å². The van der Waals surface area contributed by atoms with Gasteiger partial charge in [0.1, 0.15) is 0 Å². The maximum absolute atomic E-state index is 4.65. The fourth-order valence-corrected chi connectivity index (χ4v) is 2.77. The van der Waals surface area contributed by atoms with Crippen LogP contribution in [0.2, 0.25) is 0 Å². The monoisotopic (exact) mass is 327 g/mol. The van der Waals surface area contributed by atoms with Gasteiger partial charge in [0.25, 0.3) is 0 Å². The van der Waals surface area contributed by atoms with Crippen molar-refractivity contribution in [3.63, 3.8) is 0 Å². The van der Waals surface area contributed by atoms with Gasteiger partial charge in [-0.05, 0) is 30.7 Å². The number of para-hydroxylation sites is 1. The van der Waals surface area contributed by atoms with Crippen molar-refractivity contribution in [1.29, 1.82) is 0 Å². The highest BCUT2D eigenvalue weighted by Gasteiger charge is 2.13.